The summed E-state index contributed by atoms with van der Waals surface area (Å²) < 4.78 is 0. The number of carbonyl (C=O) groups is 1. The number of aromatic nitrogens is 4. The fourth-order valence-corrected chi connectivity index (χ4v) is 4.18. The zero-order valence-corrected chi connectivity index (χ0v) is 16.5. The van der Waals surface area contributed by atoms with Gasteiger partial charge in [-0.1, -0.05) is 12.1 Å². The SMILES string of the molecule is Cc1cc(N(C2CC2)C2CCN(C(=O)c3cnc4ccccc4n3)CC2)ncn1. The van der Waals surface area contributed by atoms with Crippen molar-refractivity contribution in [2.45, 2.75) is 44.7 Å². The van der Waals surface area contributed by atoms with Crippen molar-refractivity contribution < 1.29 is 4.79 Å². The Morgan fingerprint density at radius 2 is 1.72 bits per heavy atom. The van der Waals surface area contributed by atoms with E-state index in [1.807, 2.05) is 36.1 Å². The Labute approximate surface area is 169 Å². The van der Waals surface area contributed by atoms with Gasteiger partial charge < -0.3 is 9.80 Å². The fraction of sp³-hybridized carbons (Fsp3) is 0.409. The molecule has 148 valence electrons. The van der Waals surface area contributed by atoms with Gasteiger partial charge in [0.2, 0.25) is 0 Å². The second kappa shape index (κ2) is 7.39. The molecule has 5 rings (SSSR count). The molecule has 0 unspecified atom stereocenters. The van der Waals surface area contributed by atoms with Crippen LogP contribution in [0.15, 0.2) is 42.9 Å². The van der Waals surface area contributed by atoms with E-state index in [0.29, 0.717) is 17.8 Å². The van der Waals surface area contributed by atoms with Gasteiger partial charge in [-0.25, -0.2) is 15.0 Å². The van der Waals surface area contributed by atoms with Gasteiger partial charge in [0, 0.05) is 36.9 Å². The molecule has 1 aliphatic carbocycles. The maximum atomic E-state index is 13.0. The number of benzene rings is 1. The molecule has 1 saturated heterocycles. The number of likely N-dealkylation sites (tertiary alicyclic amines) is 1. The topological polar surface area (TPSA) is 75.1 Å². The zero-order valence-electron chi connectivity index (χ0n) is 16.5. The number of piperidine rings is 1. The molecular weight excluding hydrogens is 364 g/mol. The van der Waals surface area contributed by atoms with Crippen molar-refractivity contribution in [3.05, 3.63) is 54.2 Å². The number of para-hydroxylation sites is 2. The van der Waals surface area contributed by atoms with E-state index in [4.69, 9.17) is 0 Å². The lowest BCUT2D eigenvalue weighted by Gasteiger charge is -2.39. The number of hydrogen-bond acceptors (Lipinski definition) is 6. The quantitative estimate of drug-likeness (QED) is 0.684. The van der Waals surface area contributed by atoms with E-state index >= 15 is 0 Å². The highest BCUT2D eigenvalue weighted by Crippen LogP contribution is 2.35. The number of nitrogens with zero attached hydrogens (tertiary/aromatic N) is 6. The van der Waals surface area contributed by atoms with Crippen LogP contribution in [-0.2, 0) is 0 Å². The van der Waals surface area contributed by atoms with Crippen LogP contribution in [0.25, 0.3) is 11.0 Å². The van der Waals surface area contributed by atoms with E-state index in [2.05, 4.69) is 30.9 Å². The number of amides is 1. The molecule has 3 aromatic rings. The van der Waals surface area contributed by atoms with Crippen LogP contribution >= 0.6 is 0 Å². The summed E-state index contributed by atoms with van der Waals surface area (Å²) in [4.78, 5) is 35.0. The molecule has 1 saturated carbocycles. The van der Waals surface area contributed by atoms with Crippen molar-refractivity contribution >= 4 is 22.8 Å². The zero-order chi connectivity index (χ0) is 19.8. The maximum Gasteiger partial charge on any atom is 0.274 e. The van der Waals surface area contributed by atoms with Crippen LogP contribution in [0.3, 0.4) is 0 Å². The average Bonchev–Trinajstić information content (AvgIpc) is 3.59. The molecule has 0 N–H and O–H groups in total. The predicted molar refractivity (Wildman–Crippen MR) is 111 cm³/mol. The third kappa shape index (κ3) is 3.64. The smallest absolute Gasteiger partial charge is 0.274 e. The van der Waals surface area contributed by atoms with Crippen LogP contribution in [0.4, 0.5) is 5.82 Å². The van der Waals surface area contributed by atoms with E-state index < -0.39 is 0 Å². The second-order valence-corrected chi connectivity index (χ2v) is 7.92. The first-order valence-corrected chi connectivity index (χ1v) is 10.3. The molecule has 3 heterocycles. The number of aryl methyl sites for hydroxylation is 1. The summed E-state index contributed by atoms with van der Waals surface area (Å²) in [5.41, 5.74) is 2.98. The normalized spacial score (nSPS) is 17.5. The highest BCUT2D eigenvalue weighted by Gasteiger charge is 2.37. The molecule has 29 heavy (non-hydrogen) atoms. The summed E-state index contributed by atoms with van der Waals surface area (Å²) in [7, 11) is 0. The van der Waals surface area contributed by atoms with Crippen molar-refractivity contribution in [3.8, 4) is 0 Å². The van der Waals surface area contributed by atoms with Gasteiger partial charge in [0.05, 0.1) is 17.2 Å². The summed E-state index contributed by atoms with van der Waals surface area (Å²) in [6, 6.07) is 10.7. The lowest BCUT2D eigenvalue weighted by molar-refractivity contribution is 0.0706. The van der Waals surface area contributed by atoms with Crippen LogP contribution in [0, 0.1) is 6.92 Å². The summed E-state index contributed by atoms with van der Waals surface area (Å²) in [6.07, 6.45) is 7.55. The lowest BCUT2D eigenvalue weighted by Crippen LogP contribution is -2.48. The lowest BCUT2D eigenvalue weighted by atomic mass is 10.0. The summed E-state index contributed by atoms with van der Waals surface area (Å²) >= 11 is 0. The molecular formula is C22H24N6O. The van der Waals surface area contributed by atoms with E-state index in [1.165, 1.54) is 12.8 Å². The summed E-state index contributed by atoms with van der Waals surface area (Å²) in [5, 5.41) is 0. The van der Waals surface area contributed by atoms with Crippen molar-refractivity contribution in [1.29, 1.82) is 0 Å². The van der Waals surface area contributed by atoms with Gasteiger partial charge in [0.25, 0.3) is 5.91 Å². The van der Waals surface area contributed by atoms with Crippen LogP contribution in [-0.4, -0.2) is 55.9 Å². The van der Waals surface area contributed by atoms with Crippen molar-refractivity contribution in [2.24, 2.45) is 0 Å². The molecule has 1 aliphatic heterocycles. The number of anilines is 1. The monoisotopic (exact) mass is 388 g/mol. The van der Waals surface area contributed by atoms with E-state index in [9.17, 15) is 4.79 Å². The molecule has 2 aromatic heterocycles. The Kier molecular flexibility index (Phi) is 4.58. The van der Waals surface area contributed by atoms with Gasteiger partial charge in [-0.15, -0.1) is 0 Å². The molecule has 1 amide bonds. The minimum absolute atomic E-state index is 0.0300. The highest BCUT2D eigenvalue weighted by molar-refractivity contribution is 5.93. The largest absolute Gasteiger partial charge is 0.350 e. The minimum Gasteiger partial charge on any atom is -0.350 e. The summed E-state index contributed by atoms with van der Waals surface area (Å²) in [6.45, 7) is 3.46. The number of carbonyl (C=O) groups excluding carboxylic acids is 1. The number of rotatable bonds is 4. The third-order valence-corrected chi connectivity index (χ3v) is 5.81. The van der Waals surface area contributed by atoms with Crippen LogP contribution < -0.4 is 4.90 Å². The van der Waals surface area contributed by atoms with Crippen molar-refractivity contribution in [3.63, 3.8) is 0 Å². The predicted octanol–water partition coefficient (Wildman–Crippen LogP) is 3.00. The van der Waals surface area contributed by atoms with Crippen molar-refractivity contribution in [2.75, 3.05) is 18.0 Å². The Morgan fingerprint density at radius 3 is 2.45 bits per heavy atom. The molecule has 1 aromatic carbocycles. The van der Waals surface area contributed by atoms with Gasteiger partial charge in [-0.05, 0) is 44.7 Å². The molecule has 0 bridgehead atoms. The van der Waals surface area contributed by atoms with Crippen molar-refractivity contribution in [1.82, 2.24) is 24.8 Å². The standard InChI is InChI=1S/C22H24N6O/c1-15-12-21(25-14-24-15)28(16-6-7-16)17-8-10-27(11-9-17)22(29)20-13-23-18-4-2-3-5-19(18)26-20/h2-5,12-14,16-17H,6-11H2,1H3. The van der Waals surface area contributed by atoms with Crippen LogP contribution in [0.1, 0.15) is 41.9 Å². The third-order valence-electron chi connectivity index (χ3n) is 5.81. The Bertz CT molecular complexity index is 1040. The first-order chi connectivity index (χ1) is 14.2. The Balaban J connectivity index is 1.29. The van der Waals surface area contributed by atoms with Gasteiger partial charge in [0.1, 0.15) is 17.8 Å². The van der Waals surface area contributed by atoms with Crippen LogP contribution in [0.5, 0.6) is 0 Å². The van der Waals surface area contributed by atoms with Gasteiger partial charge in [-0.2, -0.15) is 0 Å². The van der Waals surface area contributed by atoms with E-state index in [-0.39, 0.29) is 5.91 Å². The second-order valence-electron chi connectivity index (χ2n) is 7.92. The van der Waals surface area contributed by atoms with Gasteiger partial charge >= 0.3 is 0 Å². The van der Waals surface area contributed by atoms with E-state index in [1.54, 1.807) is 12.5 Å². The van der Waals surface area contributed by atoms with Gasteiger partial charge in [0.15, 0.2) is 0 Å². The highest BCUT2D eigenvalue weighted by atomic mass is 16.2. The molecule has 0 spiro atoms. The maximum absolute atomic E-state index is 13.0. The molecule has 2 fully saturated rings. The van der Waals surface area contributed by atoms with Gasteiger partial charge in [-0.3, -0.25) is 9.78 Å². The number of hydrogen-bond donors (Lipinski definition) is 0. The molecule has 7 heteroatoms. The Morgan fingerprint density at radius 1 is 1.00 bits per heavy atom. The fourth-order valence-electron chi connectivity index (χ4n) is 4.18. The molecule has 0 radical (unpaired) electrons. The molecule has 2 aliphatic rings. The van der Waals surface area contributed by atoms with Crippen LogP contribution in [0.2, 0.25) is 0 Å². The number of fused-ring (bicyclic) bond motifs is 1. The Hall–Kier alpha value is -3.09. The minimum atomic E-state index is -0.0300. The molecule has 7 nitrogen and oxygen atoms in total. The summed E-state index contributed by atoms with van der Waals surface area (Å²) in [5.74, 6) is 0.989. The molecule has 0 atom stereocenters. The average molecular weight is 388 g/mol. The van der Waals surface area contributed by atoms with E-state index in [0.717, 1.165) is 48.5 Å². The first kappa shape index (κ1) is 18.0. The first-order valence-electron chi connectivity index (χ1n) is 10.3.